The highest BCUT2D eigenvalue weighted by Gasteiger charge is 2.59. The third-order valence-corrected chi connectivity index (χ3v) is 6.80. The first-order valence-electron chi connectivity index (χ1n) is 9.37. The van der Waals surface area contributed by atoms with Gasteiger partial charge < -0.3 is 9.80 Å². The minimum Gasteiger partial charge on any atom is -0.341 e. The second-order valence-corrected chi connectivity index (χ2v) is 8.87. The van der Waals surface area contributed by atoms with Gasteiger partial charge >= 0.3 is 0 Å². The quantitative estimate of drug-likeness (QED) is 0.860. The van der Waals surface area contributed by atoms with Gasteiger partial charge in [-0.1, -0.05) is 20.3 Å². The molecule has 140 valence electrons. The van der Waals surface area contributed by atoms with Gasteiger partial charge in [0.15, 0.2) is 5.69 Å². The van der Waals surface area contributed by atoms with E-state index in [1.165, 1.54) is 6.07 Å². The van der Waals surface area contributed by atoms with E-state index in [4.69, 9.17) is 0 Å². The molecule has 3 fully saturated rings. The highest BCUT2D eigenvalue weighted by molar-refractivity contribution is 5.92. The third-order valence-electron chi connectivity index (χ3n) is 6.80. The summed E-state index contributed by atoms with van der Waals surface area (Å²) in [5.41, 5.74) is -0.0709. The highest BCUT2D eigenvalue weighted by Crippen LogP contribution is 2.52. The number of amides is 2. The molecule has 1 aliphatic carbocycles. The molecule has 2 amide bonds. The molecule has 1 N–H and O–H groups in total. The molecule has 2 saturated heterocycles. The monoisotopic (exact) mass is 358 g/mol. The number of hydrogen-bond donors (Lipinski definition) is 1. The fourth-order valence-electron chi connectivity index (χ4n) is 4.67. The molecule has 7 heteroatoms. The molecule has 1 aromatic rings. The number of fused-ring (bicyclic) bond motifs is 1. The summed E-state index contributed by atoms with van der Waals surface area (Å²) >= 11 is 0. The first-order chi connectivity index (χ1) is 12.2. The van der Waals surface area contributed by atoms with Crippen LogP contribution >= 0.6 is 0 Å². The zero-order valence-electron chi connectivity index (χ0n) is 15.7. The number of carbonyl (C=O) groups is 2. The lowest BCUT2D eigenvalue weighted by molar-refractivity contribution is -0.137. The maximum atomic E-state index is 12.8. The Hall–Kier alpha value is -2.18. The Labute approximate surface area is 152 Å². The molecule has 2 aliphatic heterocycles. The van der Waals surface area contributed by atoms with E-state index in [1.54, 1.807) is 11.8 Å². The van der Waals surface area contributed by atoms with Gasteiger partial charge in [0, 0.05) is 54.7 Å². The molecule has 3 aliphatic rings. The summed E-state index contributed by atoms with van der Waals surface area (Å²) < 4.78 is 0. The molecule has 7 nitrogen and oxygen atoms in total. The van der Waals surface area contributed by atoms with Crippen LogP contribution < -0.4 is 5.43 Å². The number of nitrogens with one attached hydrogen (secondary N) is 1. The van der Waals surface area contributed by atoms with Crippen molar-refractivity contribution in [2.75, 3.05) is 26.2 Å². The first kappa shape index (κ1) is 17.2. The minimum atomic E-state index is -0.347. The van der Waals surface area contributed by atoms with E-state index in [0.29, 0.717) is 31.9 Å². The summed E-state index contributed by atoms with van der Waals surface area (Å²) in [6.45, 7) is 8.50. The molecule has 1 saturated carbocycles. The number of hydrogen-bond acceptors (Lipinski definition) is 4. The fraction of sp³-hybridized carbons (Fsp3) is 0.684. The summed E-state index contributed by atoms with van der Waals surface area (Å²) in [7, 11) is 0. The smallest absolute Gasteiger partial charge is 0.278 e. The standard InChI is InChI=1S/C19H26N4O3/c1-12-7-14(24)15(21-20-12)17(26)23-10-18(2)8-22(9-19(18,3)11-23)16(25)13-5-4-6-13/h7,13H,4-6,8-11H2,1-3H3,(H,20,24)/t18-,19+. The normalized spacial score (nSPS) is 31.0. The molecule has 0 radical (unpaired) electrons. The van der Waals surface area contributed by atoms with Crippen LogP contribution in [-0.4, -0.2) is 58.0 Å². The van der Waals surface area contributed by atoms with Crippen LogP contribution in [0.1, 0.15) is 49.3 Å². The highest BCUT2D eigenvalue weighted by atomic mass is 16.2. The lowest BCUT2D eigenvalue weighted by Gasteiger charge is -2.31. The van der Waals surface area contributed by atoms with Gasteiger partial charge in [-0.15, -0.1) is 0 Å². The van der Waals surface area contributed by atoms with E-state index < -0.39 is 0 Å². The molecule has 4 rings (SSSR count). The van der Waals surface area contributed by atoms with Crippen LogP contribution in [0, 0.1) is 23.7 Å². The van der Waals surface area contributed by atoms with Gasteiger partial charge in [-0.2, -0.15) is 5.10 Å². The summed E-state index contributed by atoms with van der Waals surface area (Å²) in [4.78, 5) is 41.3. The molecule has 0 bridgehead atoms. The number of carbonyl (C=O) groups excluding carboxylic acids is 2. The Morgan fingerprint density at radius 3 is 2.19 bits per heavy atom. The summed E-state index contributed by atoms with van der Waals surface area (Å²) in [5, 5.41) is 6.66. The molecule has 0 unspecified atom stereocenters. The van der Waals surface area contributed by atoms with Crippen molar-refractivity contribution in [3.8, 4) is 0 Å². The minimum absolute atomic E-state index is 0.0508. The zero-order valence-corrected chi connectivity index (χ0v) is 15.7. The van der Waals surface area contributed by atoms with E-state index in [2.05, 4.69) is 24.0 Å². The SMILES string of the molecule is Cc1cc(=O)c(C(=O)N2C[C@@]3(C)CN(C(=O)C4CCC4)C[C@@]3(C)C2)n[nH]1. The third kappa shape index (κ3) is 2.47. The predicted molar refractivity (Wildman–Crippen MR) is 95.6 cm³/mol. The number of aryl methyl sites for hydroxylation is 1. The van der Waals surface area contributed by atoms with Crippen molar-refractivity contribution in [2.45, 2.75) is 40.0 Å². The van der Waals surface area contributed by atoms with Gasteiger partial charge in [-0.05, 0) is 19.8 Å². The molecule has 1 aromatic heterocycles. The van der Waals surface area contributed by atoms with Crippen molar-refractivity contribution >= 4 is 11.8 Å². The van der Waals surface area contributed by atoms with Crippen molar-refractivity contribution in [3.63, 3.8) is 0 Å². The van der Waals surface area contributed by atoms with Crippen LogP contribution in [0.3, 0.4) is 0 Å². The number of H-pyrrole nitrogens is 1. The van der Waals surface area contributed by atoms with Crippen LogP contribution in [-0.2, 0) is 4.79 Å². The first-order valence-corrected chi connectivity index (χ1v) is 9.37. The van der Waals surface area contributed by atoms with E-state index in [1.807, 2.05) is 4.90 Å². The average Bonchev–Trinajstić information content (AvgIpc) is 2.89. The van der Waals surface area contributed by atoms with E-state index in [9.17, 15) is 14.4 Å². The van der Waals surface area contributed by atoms with E-state index in [0.717, 1.165) is 19.3 Å². The van der Waals surface area contributed by atoms with Crippen molar-refractivity contribution in [1.29, 1.82) is 0 Å². The lowest BCUT2D eigenvalue weighted by Crippen LogP contribution is -2.42. The number of aromatic amines is 1. The molecular formula is C19H26N4O3. The Morgan fingerprint density at radius 1 is 1.12 bits per heavy atom. The van der Waals surface area contributed by atoms with Crippen molar-refractivity contribution in [3.05, 3.63) is 27.7 Å². The molecule has 0 spiro atoms. The molecule has 2 atom stereocenters. The van der Waals surface area contributed by atoms with Crippen LogP contribution in [0.15, 0.2) is 10.9 Å². The molecule has 0 aromatic carbocycles. The summed E-state index contributed by atoms with van der Waals surface area (Å²) in [6.07, 6.45) is 3.17. The van der Waals surface area contributed by atoms with Crippen LogP contribution in [0.25, 0.3) is 0 Å². The zero-order chi connectivity index (χ0) is 18.7. The molecule has 26 heavy (non-hydrogen) atoms. The van der Waals surface area contributed by atoms with E-state index in [-0.39, 0.29) is 39.7 Å². The van der Waals surface area contributed by atoms with Crippen molar-refractivity contribution in [2.24, 2.45) is 16.7 Å². The Morgan fingerprint density at radius 2 is 1.69 bits per heavy atom. The average molecular weight is 358 g/mol. The van der Waals surface area contributed by atoms with Gasteiger partial charge in [0.1, 0.15) is 0 Å². The van der Waals surface area contributed by atoms with Gasteiger partial charge in [-0.3, -0.25) is 19.5 Å². The second kappa shape index (κ2) is 5.66. The lowest BCUT2D eigenvalue weighted by atomic mass is 9.71. The van der Waals surface area contributed by atoms with Gasteiger partial charge in [0.2, 0.25) is 11.3 Å². The number of nitrogens with zero attached hydrogens (tertiary/aromatic N) is 3. The Kier molecular flexibility index (Phi) is 3.75. The number of aromatic nitrogens is 2. The second-order valence-electron chi connectivity index (χ2n) is 8.87. The predicted octanol–water partition coefficient (Wildman–Crippen LogP) is 1.19. The summed E-state index contributed by atoms with van der Waals surface area (Å²) in [6, 6.07) is 1.40. The van der Waals surface area contributed by atoms with E-state index >= 15 is 0 Å². The topological polar surface area (TPSA) is 86.4 Å². The number of rotatable bonds is 2. The van der Waals surface area contributed by atoms with Crippen LogP contribution in [0.4, 0.5) is 0 Å². The van der Waals surface area contributed by atoms with Gasteiger partial charge in [0.05, 0.1) is 0 Å². The van der Waals surface area contributed by atoms with Crippen molar-refractivity contribution < 1.29 is 9.59 Å². The maximum absolute atomic E-state index is 12.8. The molecular weight excluding hydrogens is 332 g/mol. The summed E-state index contributed by atoms with van der Waals surface area (Å²) in [5.74, 6) is 0.164. The largest absolute Gasteiger partial charge is 0.341 e. The van der Waals surface area contributed by atoms with Crippen LogP contribution in [0.2, 0.25) is 0 Å². The fourth-order valence-corrected chi connectivity index (χ4v) is 4.67. The van der Waals surface area contributed by atoms with Crippen LogP contribution in [0.5, 0.6) is 0 Å². The number of likely N-dealkylation sites (tertiary alicyclic amines) is 2. The Bertz CT molecular complexity index is 810. The maximum Gasteiger partial charge on any atom is 0.278 e. The Balaban J connectivity index is 1.52. The van der Waals surface area contributed by atoms with Crippen molar-refractivity contribution in [1.82, 2.24) is 20.0 Å². The van der Waals surface area contributed by atoms with Gasteiger partial charge in [0.25, 0.3) is 5.91 Å². The van der Waals surface area contributed by atoms with Gasteiger partial charge in [-0.25, -0.2) is 0 Å². The molecule has 3 heterocycles.